The summed E-state index contributed by atoms with van der Waals surface area (Å²) in [4.78, 5) is 0.0386. The van der Waals surface area contributed by atoms with Crippen molar-refractivity contribution in [3.8, 4) is 11.5 Å². The van der Waals surface area contributed by atoms with Crippen LogP contribution >= 0.6 is 11.6 Å². The van der Waals surface area contributed by atoms with Crippen molar-refractivity contribution in [3.63, 3.8) is 0 Å². The third kappa shape index (κ3) is 4.08. The molecule has 0 aliphatic carbocycles. The first-order valence-electron chi connectivity index (χ1n) is 7.99. The molecule has 1 atom stereocenters. The van der Waals surface area contributed by atoms with Gasteiger partial charge in [0.1, 0.15) is 16.4 Å². The minimum Gasteiger partial charge on any atom is -0.495 e. The first-order chi connectivity index (χ1) is 11.9. The van der Waals surface area contributed by atoms with Gasteiger partial charge in [0.15, 0.2) is 0 Å². The summed E-state index contributed by atoms with van der Waals surface area (Å²) >= 11 is 5.94. The third-order valence-corrected chi connectivity index (χ3v) is 5.91. The fraction of sp³-hybridized carbons (Fsp3) is 0.333. The monoisotopic (exact) mass is 381 g/mol. The second-order valence-corrected chi connectivity index (χ2v) is 8.18. The summed E-state index contributed by atoms with van der Waals surface area (Å²) in [6.45, 7) is 2.54. The van der Waals surface area contributed by atoms with Gasteiger partial charge in [0.05, 0.1) is 13.7 Å². The third-order valence-electron chi connectivity index (χ3n) is 4.07. The molecule has 1 unspecified atom stereocenters. The number of halogens is 1. The van der Waals surface area contributed by atoms with Gasteiger partial charge in [0.2, 0.25) is 10.0 Å². The maximum Gasteiger partial charge on any atom is 0.244 e. The Hall–Kier alpha value is -1.76. The van der Waals surface area contributed by atoms with Gasteiger partial charge in [-0.2, -0.15) is 0 Å². The van der Waals surface area contributed by atoms with Crippen LogP contribution < -0.4 is 14.2 Å². The van der Waals surface area contributed by atoms with Crippen molar-refractivity contribution < 1.29 is 17.9 Å². The van der Waals surface area contributed by atoms with E-state index in [1.807, 2.05) is 19.1 Å². The molecular formula is C18H20ClNO4S. The topological polar surface area (TPSA) is 64.6 Å². The Morgan fingerprint density at radius 3 is 2.84 bits per heavy atom. The summed E-state index contributed by atoms with van der Waals surface area (Å²) in [5.74, 6) is 1.18. The van der Waals surface area contributed by atoms with E-state index in [4.69, 9.17) is 21.1 Å². The molecule has 0 spiro atoms. The lowest BCUT2D eigenvalue weighted by Crippen LogP contribution is -2.34. The minimum absolute atomic E-state index is 0.0386. The van der Waals surface area contributed by atoms with E-state index in [-0.39, 0.29) is 16.7 Å². The molecule has 7 heteroatoms. The first kappa shape index (κ1) is 18.0. The Bertz CT molecular complexity index is 883. The number of fused-ring (bicyclic) bond motifs is 1. The lowest BCUT2D eigenvalue weighted by Gasteiger charge is -2.16. The highest BCUT2D eigenvalue weighted by Gasteiger charge is 2.23. The van der Waals surface area contributed by atoms with Gasteiger partial charge in [-0.25, -0.2) is 13.1 Å². The molecule has 2 aromatic carbocycles. The van der Waals surface area contributed by atoms with Crippen LogP contribution in [0.3, 0.4) is 0 Å². The molecule has 0 saturated heterocycles. The molecule has 3 rings (SSSR count). The molecule has 1 N–H and O–H groups in total. The predicted octanol–water partition coefficient (Wildman–Crippen LogP) is 3.19. The molecule has 25 heavy (non-hydrogen) atoms. The number of rotatable bonds is 6. The van der Waals surface area contributed by atoms with Crippen LogP contribution in [-0.2, 0) is 22.9 Å². The van der Waals surface area contributed by atoms with Crippen molar-refractivity contribution in [2.45, 2.75) is 30.7 Å². The highest BCUT2D eigenvalue weighted by atomic mass is 35.5. The fourth-order valence-corrected chi connectivity index (χ4v) is 4.63. The molecule has 0 radical (unpaired) electrons. The predicted molar refractivity (Wildman–Crippen MR) is 97.1 cm³/mol. The highest BCUT2D eigenvalue weighted by molar-refractivity contribution is 7.89. The summed E-state index contributed by atoms with van der Waals surface area (Å²) in [5.41, 5.74) is 2.24. The summed E-state index contributed by atoms with van der Waals surface area (Å²) < 4.78 is 38.7. The summed E-state index contributed by atoms with van der Waals surface area (Å²) in [6, 6.07) is 10.2. The number of benzene rings is 2. The summed E-state index contributed by atoms with van der Waals surface area (Å²) in [5, 5.41) is 0.340. The van der Waals surface area contributed by atoms with Crippen LogP contribution in [0.2, 0.25) is 5.02 Å². The Balaban J connectivity index is 1.75. The van der Waals surface area contributed by atoms with Crippen molar-refractivity contribution in [3.05, 3.63) is 52.5 Å². The molecule has 134 valence electrons. The van der Waals surface area contributed by atoms with Gasteiger partial charge >= 0.3 is 0 Å². The number of methoxy groups -OCH3 is 1. The molecule has 5 nitrogen and oxygen atoms in total. The number of ether oxygens (including phenoxy) is 2. The van der Waals surface area contributed by atoms with Gasteiger partial charge in [0, 0.05) is 17.5 Å². The van der Waals surface area contributed by atoms with E-state index in [1.54, 1.807) is 12.1 Å². The van der Waals surface area contributed by atoms with Crippen molar-refractivity contribution in [2.75, 3.05) is 13.7 Å². The lowest BCUT2D eigenvalue weighted by molar-refractivity contribution is 0.357. The van der Waals surface area contributed by atoms with Crippen LogP contribution in [-0.4, -0.2) is 28.2 Å². The molecule has 1 aliphatic heterocycles. The Morgan fingerprint density at radius 2 is 2.08 bits per heavy atom. The largest absolute Gasteiger partial charge is 0.495 e. The molecule has 1 heterocycles. The van der Waals surface area contributed by atoms with Gasteiger partial charge in [0.25, 0.3) is 0 Å². The standard InChI is InChI=1S/C18H20ClNO4S/c1-12(9-13-3-5-16-14(10-13)7-8-24-16)20-25(21,22)18-11-15(19)4-6-17(18)23-2/h3-6,10-12,20H,7-9H2,1-2H3. The van der Waals surface area contributed by atoms with Gasteiger partial charge in [-0.3, -0.25) is 0 Å². The Morgan fingerprint density at radius 1 is 1.28 bits per heavy atom. The molecule has 1 aliphatic rings. The molecule has 0 saturated carbocycles. The average Bonchev–Trinajstić information content (AvgIpc) is 3.02. The maximum atomic E-state index is 12.7. The van der Waals surface area contributed by atoms with Crippen LogP contribution in [0.4, 0.5) is 0 Å². The van der Waals surface area contributed by atoms with E-state index >= 15 is 0 Å². The van der Waals surface area contributed by atoms with Crippen molar-refractivity contribution in [1.29, 1.82) is 0 Å². The fourth-order valence-electron chi connectivity index (χ4n) is 2.95. The quantitative estimate of drug-likeness (QED) is 0.834. The first-order valence-corrected chi connectivity index (χ1v) is 9.85. The smallest absolute Gasteiger partial charge is 0.244 e. The molecule has 0 bridgehead atoms. The van der Waals surface area contributed by atoms with Crippen LogP contribution in [0.25, 0.3) is 0 Å². The number of nitrogens with one attached hydrogen (secondary N) is 1. The number of hydrogen-bond acceptors (Lipinski definition) is 4. The number of hydrogen-bond donors (Lipinski definition) is 1. The van der Waals surface area contributed by atoms with E-state index in [9.17, 15) is 8.42 Å². The van der Waals surface area contributed by atoms with Crippen molar-refractivity contribution in [2.24, 2.45) is 0 Å². The minimum atomic E-state index is -3.74. The van der Waals surface area contributed by atoms with E-state index in [0.29, 0.717) is 18.1 Å². The zero-order valence-corrected chi connectivity index (χ0v) is 15.7. The zero-order valence-electron chi connectivity index (χ0n) is 14.1. The van der Waals surface area contributed by atoms with E-state index in [0.717, 1.165) is 17.7 Å². The molecular weight excluding hydrogens is 362 g/mol. The summed E-state index contributed by atoms with van der Waals surface area (Å²) in [6.07, 6.45) is 1.47. The zero-order chi connectivity index (χ0) is 18.0. The van der Waals surface area contributed by atoms with E-state index in [2.05, 4.69) is 10.8 Å². The van der Waals surface area contributed by atoms with E-state index in [1.165, 1.54) is 18.7 Å². The molecule has 0 amide bonds. The van der Waals surface area contributed by atoms with Crippen LogP contribution in [0, 0.1) is 0 Å². The maximum absolute atomic E-state index is 12.7. The Kier molecular flexibility index (Phi) is 5.22. The van der Waals surface area contributed by atoms with Gasteiger partial charge in [-0.15, -0.1) is 0 Å². The van der Waals surface area contributed by atoms with Crippen molar-refractivity contribution >= 4 is 21.6 Å². The van der Waals surface area contributed by atoms with Gasteiger partial charge in [-0.05, 0) is 48.7 Å². The second-order valence-electron chi connectivity index (χ2n) is 6.06. The lowest BCUT2D eigenvalue weighted by atomic mass is 10.0. The normalized spacial score (nSPS) is 14.7. The van der Waals surface area contributed by atoms with Crippen LogP contribution in [0.1, 0.15) is 18.1 Å². The van der Waals surface area contributed by atoms with E-state index < -0.39 is 10.0 Å². The second kappa shape index (κ2) is 7.23. The van der Waals surface area contributed by atoms with Gasteiger partial charge < -0.3 is 9.47 Å². The highest BCUT2D eigenvalue weighted by Crippen LogP contribution is 2.28. The number of sulfonamides is 1. The SMILES string of the molecule is COc1ccc(Cl)cc1S(=O)(=O)NC(C)Cc1ccc2c(c1)CCO2. The Labute approximate surface area is 153 Å². The van der Waals surface area contributed by atoms with Gasteiger partial charge in [-0.1, -0.05) is 23.7 Å². The molecule has 0 fully saturated rings. The summed E-state index contributed by atoms with van der Waals surface area (Å²) in [7, 11) is -2.31. The average molecular weight is 382 g/mol. The van der Waals surface area contributed by atoms with Crippen molar-refractivity contribution in [1.82, 2.24) is 4.72 Å². The van der Waals surface area contributed by atoms with Crippen LogP contribution in [0.5, 0.6) is 11.5 Å². The van der Waals surface area contributed by atoms with Crippen LogP contribution in [0.15, 0.2) is 41.3 Å². The molecule has 2 aromatic rings. The molecule has 0 aromatic heterocycles.